The van der Waals surface area contributed by atoms with E-state index >= 15 is 0 Å². The molecule has 0 radical (unpaired) electrons. The molecule has 1 unspecified atom stereocenters. The van der Waals surface area contributed by atoms with Crippen LogP contribution in [0.15, 0.2) is 42.5 Å². The fraction of sp³-hybridized carbons (Fsp3) is 0.316. The number of amides is 1. The number of carbonyl (C=O) groups excluding carboxylic acids is 1. The SMILES string of the molecule is CCC(C(=O)Nc1ccc(C)c(Cl)c1)N(c1ccc(C)cc1)S(C)(=O)=O. The summed E-state index contributed by atoms with van der Waals surface area (Å²) in [6, 6.07) is 11.4. The summed E-state index contributed by atoms with van der Waals surface area (Å²) in [6.07, 6.45) is 1.43. The first kappa shape index (κ1) is 20.3. The van der Waals surface area contributed by atoms with Crippen LogP contribution in [0.25, 0.3) is 0 Å². The minimum absolute atomic E-state index is 0.326. The van der Waals surface area contributed by atoms with Crippen molar-refractivity contribution in [2.24, 2.45) is 0 Å². The monoisotopic (exact) mass is 394 g/mol. The van der Waals surface area contributed by atoms with E-state index in [1.165, 1.54) is 0 Å². The quantitative estimate of drug-likeness (QED) is 0.800. The van der Waals surface area contributed by atoms with Gasteiger partial charge in [0.25, 0.3) is 0 Å². The Kier molecular flexibility index (Phi) is 6.31. The third-order valence-corrected chi connectivity index (χ3v) is 5.64. The number of hydrogen-bond acceptors (Lipinski definition) is 3. The molecule has 5 nitrogen and oxygen atoms in total. The van der Waals surface area contributed by atoms with Gasteiger partial charge in [0.1, 0.15) is 6.04 Å². The summed E-state index contributed by atoms with van der Waals surface area (Å²) < 4.78 is 26.0. The predicted molar refractivity (Wildman–Crippen MR) is 107 cm³/mol. The van der Waals surface area contributed by atoms with Crippen LogP contribution in [-0.4, -0.2) is 26.6 Å². The number of halogens is 1. The Morgan fingerprint density at radius 3 is 2.27 bits per heavy atom. The minimum atomic E-state index is -3.65. The average Bonchev–Trinajstić information content (AvgIpc) is 2.56. The molecule has 0 aliphatic rings. The molecule has 0 saturated heterocycles. The average molecular weight is 395 g/mol. The van der Waals surface area contributed by atoms with Crippen molar-refractivity contribution in [2.75, 3.05) is 15.9 Å². The molecule has 1 amide bonds. The largest absolute Gasteiger partial charge is 0.324 e. The van der Waals surface area contributed by atoms with Gasteiger partial charge in [0, 0.05) is 10.7 Å². The number of rotatable bonds is 6. The molecule has 0 saturated carbocycles. The fourth-order valence-electron chi connectivity index (χ4n) is 2.65. The molecular weight excluding hydrogens is 372 g/mol. The number of aryl methyl sites for hydroxylation is 2. The number of nitrogens with zero attached hydrogens (tertiary/aromatic N) is 1. The standard InChI is InChI=1S/C19H23ClN2O3S/c1-5-18(19(23)21-15-9-8-14(3)17(20)12-15)22(26(4,24)25)16-10-6-13(2)7-11-16/h6-12,18H,5H2,1-4H3,(H,21,23). The van der Waals surface area contributed by atoms with Gasteiger partial charge in [-0.15, -0.1) is 0 Å². The Morgan fingerprint density at radius 2 is 1.77 bits per heavy atom. The molecule has 1 N–H and O–H groups in total. The van der Waals surface area contributed by atoms with E-state index in [1.54, 1.807) is 37.3 Å². The number of nitrogens with one attached hydrogen (secondary N) is 1. The smallest absolute Gasteiger partial charge is 0.248 e. The van der Waals surface area contributed by atoms with Crippen molar-refractivity contribution in [3.05, 3.63) is 58.6 Å². The lowest BCUT2D eigenvalue weighted by Crippen LogP contribution is -2.47. The lowest BCUT2D eigenvalue weighted by Gasteiger charge is -2.30. The highest BCUT2D eigenvalue weighted by molar-refractivity contribution is 7.92. The number of carbonyl (C=O) groups is 1. The second kappa shape index (κ2) is 8.10. The van der Waals surface area contributed by atoms with Crippen LogP contribution >= 0.6 is 11.6 Å². The lowest BCUT2D eigenvalue weighted by molar-refractivity contribution is -0.117. The zero-order valence-corrected chi connectivity index (χ0v) is 16.9. The Morgan fingerprint density at radius 1 is 1.15 bits per heavy atom. The number of anilines is 2. The van der Waals surface area contributed by atoms with E-state index in [4.69, 9.17) is 11.6 Å². The van der Waals surface area contributed by atoms with Crippen LogP contribution in [0, 0.1) is 13.8 Å². The van der Waals surface area contributed by atoms with Crippen LogP contribution in [0.2, 0.25) is 5.02 Å². The van der Waals surface area contributed by atoms with Gasteiger partial charge in [-0.05, 0) is 50.1 Å². The highest BCUT2D eigenvalue weighted by Crippen LogP contribution is 2.25. The second-order valence-electron chi connectivity index (χ2n) is 6.27. The van der Waals surface area contributed by atoms with Crippen molar-refractivity contribution in [2.45, 2.75) is 33.2 Å². The molecular formula is C19H23ClN2O3S. The van der Waals surface area contributed by atoms with Crippen molar-refractivity contribution in [3.8, 4) is 0 Å². The first-order valence-corrected chi connectivity index (χ1v) is 10.5. The van der Waals surface area contributed by atoms with E-state index in [1.807, 2.05) is 26.0 Å². The van der Waals surface area contributed by atoms with Crippen LogP contribution in [0.4, 0.5) is 11.4 Å². The van der Waals surface area contributed by atoms with Crippen molar-refractivity contribution in [1.29, 1.82) is 0 Å². The maximum Gasteiger partial charge on any atom is 0.248 e. The van der Waals surface area contributed by atoms with Crippen molar-refractivity contribution < 1.29 is 13.2 Å². The summed E-state index contributed by atoms with van der Waals surface area (Å²) >= 11 is 6.10. The fourth-order valence-corrected chi connectivity index (χ4v) is 4.04. The van der Waals surface area contributed by atoms with E-state index in [2.05, 4.69) is 5.32 Å². The Labute approximate surface area is 160 Å². The first-order chi connectivity index (χ1) is 12.1. The van der Waals surface area contributed by atoms with Crippen molar-refractivity contribution in [3.63, 3.8) is 0 Å². The van der Waals surface area contributed by atoms with Gasteiger partial charge in [0.05, 0.1) is 11.9 Å². The van der Waals surface area contributed by atoms with Crippen molar-refractivity contribution in [1.82, 2.24) is 0 Å². The molecule has 0 spiro atoms. The zero-order chi connectivity index (χ0) is 19.5. The van der Waals surface area contributed by atoms with Gasteiger partial charge in [-0.25, -0.2) is 8.42 Å². The van der Waals surface area contributed by atoms with Crippen LogP contribution in [0.1, 0.15) is 24.5 Å². The third kappa shape index (κ3) is 4.77. The number of sulfonamides is 1. The molecule has 26 heavy (non-hydrogen) atoms. The summed E-state index contributed by atoms with van der Waals surface area (Å²) in [6.45, 7) is 5.56. The normalized spacial score (nSPS) is 12.5. The minimum Gasteiger partial charge on any atom is -0.324 e. The number of hydrogen-bond donors (Lipinski definition) is 1. The van der Waals surface area contributed by atoms with Gasteiger partial charge < -0.3 is 5.32 Å². The second-order valence-corrected chi connectivity index (χ2v) is 8.54. The molecule has 2 aromatic rings. The highest BCUT2D eigenvalue weighted by Gasteiger charge is 2.31. The van der Waals surface area contributed by atoms with Crippen LogP contribution in [0.3, 0.4) is 0 Å². The van der Waals surface area contributed by atoms with E-state index in [0.717, 1.165) is 21.7 Å². The first-order valence-electron chi connectivity index (χ1n) is 8.26. The van der Waals surface area contributed by atoms with Gasteiger partial charge in [-0.2, -0.15) is 0 Å². The molecule has 0 heterocycles. The van der Waals surface area contributed by atoms with Gasteiger partial charge >= 0.3 is 0 Å². The zero-order valence-electron chi connectivity index (χ0n) is 15.3. The Hall–Kier alpha value is -2.05. The molecule has 0 aromatic heterocycles. The molecule has 140 valence electrons. The summed E-state index contributed by atoms with van der Waals surface area (Å²) in [7, 11) is -3.65. The summed E-state index contributed by atoms with van der Waals surface area (Å²) in [4.78, 5) is 12.8. The third-order valence-electron chi connectivity index (χ3n) is 4.06. The topological polar surface area (TPSA) is 66.5 Å². The Balaban J connectivity index is 2.36. The molecule has 7 heteroatoms. The van der Waals surface area contributed by atoms with E-state index in [0.29, 0.717) is 22.8 Å². The van der Waals surface area contributed by atoms with E-state index < -0.39 is 22.0 Å². The van der Waals surface area contributed by atoms with Gasteiger partial charge in [0.2, 0.25) is 15.9 Å². The molecule has 0 aliphatic heterocycles. The lowest BCUT2D eigenvalue weighted by atomic mass is 10.1. The van der Waals surface area contributed by atoms with Gasteiger partial charge in [-0.1, -0.05) is 42.3 Å². The maximum absolute atomic E-state index is 12.8. The van der Waals surface area contributed by atoms with Crippen molar-refractivity contribution >= 4 is 38.9 Å². The maximum atomic E-state index is 12.8. The summed E-state index contributed by atoms with van der Waals surface area (Å²) in [5.74, 6) is -0.404. The molecule has 0 fully saturated rings. The predicted octanol–water partition coefficient (Wildman–Crippen LogP) is 4.14. The van der Waals surface area contributed by atoms with Crippen LogP contribution in [0.5, 0.6) is 0 Å². The van der Waals surface area contributed by atoms with Gasteiger partial charge in [0.15, 0.2) is 0 Å². The molecule has 2 rings (SSSR count). The Bertz CT molecular complexity index is 896. The molecule has 2 aromatic carbocycles. The molecule has 0 bridgehead atoms. The van der Waals surface area contributed by atoms with E-state index in [9.17, 15) is 13.2 Å². The highest BCUT2D eigenvalue weighted by atomic mass is 35.5. The summed E-state index contributed by atoms with van der Waals surface area (Å²) in [5.41, 5.74) is 2.89. The number of benzene rings is 2. The molecule has 0 aliphatic carbocycles. The van der Waals surface area contributed by atoms with Crippen LogP contribution < -0.4 is 9.62 Å². The van der Waals surface area contributed by atoms with E-state index in [-0.39, 0.29) is 0 Å². The summed E-state index contributed by atoms with van der Waals surface area (Å²) in [5, 5.41) is 3.30. The molecule has 1 atom stereocenters. The van der Waals surface area contributed by atoms with Gasteiger partial charge in [-0.3, -0.25) is 9.10 Å². The van der Waals surface area contributed by atoms with Crippen LogP contribution in [-0.2, 0) is 14.8 Å².